The van der Waals surface area contributed by atoms with Crippen molar-refractivity contribution in [1.82, 2.24) is 0 Å². The van der Waals surface area contributed by atoms with Gasteiger partial charge >= 0.3 is 0 Å². The summed E-state index contributed by atoms with van der Waals surface area (Å²) >= 11 is 1.86. The molecule has 14 aromatic carbocycles. The number of anilines is 12. The van der Waals surface area contributed by atoms with Crippen LogP contribution in [-0.4, -0.2) is 13.4 Å². The molecule has 14 aromatic rings. The van der Waals surface area contributed by atoms with Gasteiger partial charge in [-0.05, 0) is 153 Å². The number of rotatable bonds is 11. The fourth-order valence-electron chi connectivity index (χ4n) is 15.0. The van der Waals surface area contributed by atoms with Gasteiger partial charge in [-0.3, -0.25) is 0 Å². The van der Waals surface area contributed by atoms with E-state index in [0.29, 0.717) is 0 Å². The minimum atomic E-state index is -0.155. The summed E-state index contributed by atoms with van der Waals surface area (Å²) in [6.45, 7) is 2.00. The van der Waals surface area contributed by atoms with Crippen LogP contribution in [0.4, 0.5) is 68.2 Å². The van der Waals surface area contributed by atoms with Crippen molar-refractivity contribution in [3.8, 4) is 44.9 Å². The number of hydrogen-bond donors (Lipinski definition) is 0. The largest absolute Gasteiger partial charge is 0.458 e. The average Bonchev–Trinajstić information content (AvgIpc) is 0.691. The smallest absolute Gasteiger partial charge is 0.253 e. The van der Waals surface area contributed by atoms with Gasteiger partial charge in [0.25, 0.3) is 13.4 Å². The molecule has 4 aliphatic rings. The Morgan fingerprint density at radius 3 is 1.54 bits per heavy atom. The minimum absolute atomic E-state index is 0.134. The molecule has 0 saturated heterocycles. The van der Waals surface area contributed by atoms with E-state index in [1.807, 2.05) is 11.8 Å². The van der Waals surface area contributed by atoms with Gasteiger partial charge in [-0.25, -0.2) is 0 Å². The van der Waals surface area contributed by atoms with Gasteiger partial charge in [0.1, 0.15) is 11.5 Å². The van der Waals surface area contributed by atoms with E-state index in [9.17, 15) is 0 Å². The van der Waals surface area contributed by atoms with E-state index < -0.39 is 0 Å². The standard InChI is InChI=1S/C85H58B2N4OS/c1-57-27-26-41-69(61-32-12-4-13-33-61)85(57)91-76-56-81-73(55-72(76)86-70-42-21-24-45-75(70)90(64-38-18-7-19-39-64)77-51-66(52-78(91)83(77)86)88(62-34-14-5-15-35-62)63-36-16-6-17-37-63)87-71-43-22-25-46-79(71)92-80-53-67(54-82(93-81)84(80)87)89(65-49-47-59(48-50-65)58-28-8-2-9-29-58)74-44-23-20-40-68(74)60-30-10-3-11-31-60/h2-56H,1H3. The Morgan fingerprint density at radius 2 is 0.839 bits per heavy atom. The van der Waals surface area contributed by atoms with Crippen LogP contribution in [0.25, 0.3) is 33.4 Å². The Morgan fingerprint density at radius 1 is 0.312 bits per heavy atom. The molecule has 0 N–H and O–H groups in total. The summed E-state index contributed by atoms with van der Waals surface area (Å²) in [5.41, 5.74) is 28.7. The zero-order valence-electron chi connectivity index (χ0n) is 51.0. The van der Waals surface area contributed by atoms with E-state index in [0.717, 1.165) is 118 Å². The Kier molecular flexibility index (Phi) is 13.2. The molecule has 8 heteroatoms. The lowest BCUT2D eigenvalue weighted by Gasteiger charge is -2.46. The number of aryl methyl sites for hydroxylation is 1. The van der Waals surface area contributed by atoms with Crippen LogP contribution in [0, 0.1) is 6.92 Å². The molecule has 0 spiro atoms. The molecule has 0 radical (unpaired) electrons. The molecule has 93 heavy (non-hydrogen) atoms. The van der Waals surface area contributed by atoms with Gasteiger partial charge in [-0.15, -0.1) is 0 Å². The molecule has 18 rings (SSSR count). The fourth-order valence-corrected chi connectivity index (χ4v) is 16.2. The van der Waals surface area contributed by atoms with Gasteiger partial charge in [0.05, 0.1) is 22.7 Å². The third kappa shape index (κ3) is 9.11. The summed E-state index contributed by atoms with van der Waals surface area (Å²) in [5.74, 6) is 1.73. The molecule has 0 bridgehead atoms. The number of para-hydroxylation sites is 7. The lowest BCUT2D eigenvalue weighted by atomic mass is 9.31. The highest BCUT2D eigenvalue weighted by Crippen LogP contribution is 2.53. The maximum absolute atomic E-state index is 7.30. The molecule has 0 atom stereocenters. The second-order valence-electron chi connectivity index (χ2n) is 24.4. The van der Waals surface area contributed by atoms with Crippen molar-refractivity contribution in [1.29, 1.82) is 0 Å². The van der Waals surface area contributed by atoms with Crippen LogP contribution < -0.4 is 57.1 Å². The molecule has 0 unspecified atom stereocenters. The summed E-state index contributed by atoms with van der Waals surface area (Å²) in [6, 6.07) is 122. The van der Waals surface area contributed by atoms with E-state index in [4.69, 9.17) is 4.74 Å². The number of benzene rings is 14. The molecular weight excluding hydrogens is 1150 g/mol. The maximum Gasteiger partial charge on any atom is 0.253 e. The Hall–Kier alpha value is -11.4. The Labute approximate surface area is 547 Å². The summed E-state index contributed by atoms with van der Waals surface area (Å²) < 4.78 is 7.30. The first kappa shape index (κ1) is 54.5. The van der Waals surface area contributed by atoms with Crippen molar-refractivity contribution in [3.63, 3.8) is 0 Å². The van der Waals surface area contributed by atoms with Gasteiger partial charge in [-0.2, -0.15) is 0 Å². The first-order chi connectivity index (χ1) is 46.1. The topological polar surface area (TPSA) is 22.2 Å². The minimum Gasteiger partial charge on any atom is -0.458 e. The van der Waals surface area contributed by atoms with E-state index in [2.05, 4.69) is 360 Å². The van der Waals surface area contributed by atoms with Crippen LogP contribution in [0.1, 0.15) is 5.56 Å². The van der Waals surface area contributed by atoms with E-state index >= 15 is 0 Å². The maximum atomic E-state index is 7.30. The first-order valence-electron chi connectivity index (χ1n) is 32.0. The monoisotopic (exact) mass is 1200 g/mol. The Balaban J connectivity index is 0.907. The van der Waals surface area contributed by atoms with Crippen LogP contribution in [-0.2, 0) is 0 Å². The fraction of sp³-hybridized carbons (Fsp3) is 0.0118. The van der Waals surface area contributed by atoms with Crippen LogP contribution in [0.3, 0.4) is 0 Å². The van der Waals surface area contributed by atoms with Crippen molar-refractivity contribution in [2.45, 2.75) is 16.7 Å². The zero-order chi connectivity index (χ0) is 61.5. The van der Waals surface area contributed by atoms with Crippen molar-refractivity contribution in [2.75, 3.05) is 19.6 Å². The Bertz CT molecular complexity index is 5160. The number of ether oxygens (including phenoxy) is 1. The molecule has 4 heterocycles. The molecule has 0 saturated carbocycles. The number of hydrogen-bond acceptors (Lipinski definition) is 6. The molecular formula is C85H58B2N4OS. The van der Waals surface area contributed by atoms with Crippen molar-refractivity contribution in [3.05, 3.63) is 339 Å². The van der Waals surface area contributed by atoms with Crippen LogP contribution in [0.2, 0.25) is 0 Å². The highest BCUT2D eigenvalue weighted by atomic mass is 32.2. The van der Waals surface area contributed by atoms with E-state index in [-0.39, 0.29) is 13.4 Å². The van der Waals surface area contributed by atoms with Gasteiger partial charge < -0.3 is 24.3 Å². The zero-order valence-corrected chi connectivity index (χ0v) is 51.8. The predicted octanol–water partition coefficient (Wildman–Crippen LogP) is 19.1. The SMILES string of the molecule is Cc1cccc(-c2ccccc2)c1N1c2cc3c(cc2B2c4ccccc4N(c4ccccc4)c4cc(N(c5ccccc5)c5ccccc5)cc1c42)B1c2ccccc2Oc2cc(N(c4ccc(-c5ccccc5)cc4)c4ccccc4-c4ccccc4)cc(c21)S3. The lowest BCUT2D eigenvalue weighted by molar-refractivity contribution is 0.486. The summed E-state index contributed by atoms with van der Waals surface area (Å²) in [4.78, 5) is 12.4. The average molecular weight is 1210 g/mol. The van der Waals surface area contributed by atoms with Crippen LogP contribution in [0.15, 0.2) is 343 Å². The number of nitrogens with zero attached hydrogens (tertiary/aromatic N) is 4. The number of fused-ring (bicyclic) bond motifs is 8. The summed E-state index contributed by atoms with van der Waals surface area (Å²) in [6.07, 6.45) is 0. The lowest BCUT2D eigenvalue weighted by Crippen LogP contribution is -2.64. The van der Waals surface area contributed by atoms with Crippen molar-refractivity contribution < 1.29 is 4.74 Å². The van der Waals surface area contributed by atoms with Crippen LogP contribution in [0.5, 0.6) is 11.5 Å². The molecule has 436 valence electrons. The second-order valence-corrected chi connectivity index (χ2v) is 25.4. The molecule has 4 aliphatic heterocycles. The third-order valence-electron chi connectivity index (χ3n) is 19.0. The molecule has 5 nitrogen and oxygen atoms in total. The normalized spacial score (nSPS) is 12.7. The van der Waals surface area contributed by atoms with Gasteiger partial charge in [0.15, 0.2) is 0 Å². The van der Waals surface area contributed by atoms with Crippen LogP contribution >= 0.6 is 11.8 Å². The van der Waals surface area contributed by atoms with E-state index in [1.165, 1.54) is 43.3 Å². The quantitative estimate of drug-likeness (QED) is 0.120. The highest BCUT2D eigenvalue weighted by molar-refractivity contribution is 8.00. The van der Waals surface area contributed by atoms with Crippen molar-refractivity contribution >= 4 is 126 Å². The molecule has 0 amide bonds. The highest BCUT2D eigenvalue weighted by Gasteiger charge is 2.47. The predicted molar refractivity (Wildman–Crippen MR) is 393 cm³/mol. The summed E-state index contributed by atoms with van der Waals surface area (Å²) in [5, 5.41) is 0. The van der Waals surface area contributed by atoms with Gasteiger partial charge in [-0.1, -0.05) is 254 Å². The molecule has 0 fully saturated rings. The molecule has 0 aliphatic carbocycles. The van der Waals surface area contributed by atoms with E-state index in [1.54, 1.807) is 0 Å². The summed E-state index contributed by atoms with van der Waals surface area (Å²) in [7, 11) is 0. The first-order valence-corrected chi connectivity index (χ1v) is 32.8. The van der Waals surface area contributed by atoms with Gasteiger partial charge in [0, 0.05) is 72.5 Å². The second kappa shape index (κ2) is 22.5. The van der Waals surface area contributed by atoms with Crippen molar-refractivity contribution in [2.24, 2.45) is 0 Å². The molecule has 0 aromatic heterocycles. The van der Waals surface area contributed by atoms with Gasteiger partial charge in [0.2, 0.25) is 0 Å². The third-order valence-corrected chi connectivity index (χ3v) is 20.1.